The van der Waals surface area contributed by atoms with Crippen molar-refractivity contribution in [2.45, 2.75) is 26.4 Å². The second kappa shape index (κ2) is 6.96. The van der Waals surface area contributed by atoms with Crippen molar-refractivity contribution in [1.82, 2.24) is 10.6 Å². The number of methoxy groups -OCH3 is 1. The van der Waals surface area contributed by atoms with E-state index in [-0.39, 0.29) is 24.2 Å². The molecule has 0 bridgehead atoms. The number of hydrogen-bond donors (Lipinski definition) is 2. The molecule has 0 aliphatic carbocycles. The fourth-order valence-corrected chi connectivity index (χ4v) is 1.51. The molecule has 5 heteroatoms. The highest BCUT2D eigenvalue weighted by molar-refractivity contribution is 5.78. The van der Waals surface area contributed by atoms with Crippen LogP contribution >= 0.6 is 0 Å². The lowest BCUT2D eigenvalue weighted by atomic mass is 10.2. The summed E-state index contributed by atoms with van der Waals surface area (Å²) >= 11 is 0. The number of amides is 1. The summed E-state index contributed by atoms with van der Waals surface area (Å²) in [6.07, 6.45) is 0. The normalized spacial score (nSPS) is 10.5. The number of hydrogen-bond acceptors (Lipinski definition) is 3. The predicted molar refractivity (Wildman–Crippen MR) is 67.9 cm³/mol. The molecule has 0 fully saturated rings. The van der Waals surface area contributed by atoms with Crippen LogP contribution in [-0.4, -0.2) is 25.6 Å². The van der Waals surface area contributed by atoms with Crippen LogP contribution < -0.4 is 15.4 Å². The molecule has 100 valence electrons. The summed E-state index contributed by atoms with van der Waals surface area (Å²) < 4.78 is 18.2. The first-order chi connectivity index (χ1) is 8.52. The number of ether oxygens (including phenoxy) is 1. The average Bonchev–Trinajstić information content (AvgIpc) is 2.28. The summed E-state index contributed by atoms with van der Waals surface area (Å²) in [5.74, 6) is -0.251. The Bertz CT molecular complexity index is 408. The topological polar surface area (TPSA) is 50.4 Å². The minimum atomic E-state index is -0.400. The number of nitrogens with one attached hydrogen (secondary N) is 2. The highest BCUT2D eigenvalue weighted by Gasteiger charge is 2.05. The number of carbonyl (C=O) groups excluding carboxylic acids is 1. The molecule has 0 atom stereocenters. The maximum Gasteiger partial charge on any atom is 0.234 e. The first-order valence-electron chi connectivity index (χ1n) is 5.85. The van der Waals surface area contributed by atoms with E-state index in [2.05, 4.69) is 10.6 Å². The van der Waals surface area contributed by atoms with Gasteiger partial charge in [-0.2, -0.15) is 0 Å². The van der Waals surface area contributed by atoms with Crippen LogP contribution in [0.25, 0.3) is 0 Å². The summed E-state index contributed by atoms with van der Waals surface area (Å²) in [6.45, 7) is 4.45. The van der Waals surface area contributed by atoms with Crippen molar-refractivity contribution in [3.05, 3.63) is 29.6 Å². The van der Waals surface area contributed by atoms with Crippen LogP contribution in [0, 0.1) is 5.82 Å². The molecular weight excluding hydrogens is 235 g/mol. The van der Waals surface area contributed by atoms with Crippen LogP contribution in [0.4, 0.5) is 4.39 Å². The lowest BCUT2D eigenvalue weighted by molar-refractivity contribution is -0.120. The molecule has 0 saturated heterocycles. The van der Waals surface area contributed by atoms with Crippen molar-refractivity contribution in [3.63, 3.8) is 0 Å². The van der Waals surface area contributed by atoms with Gasteiger partial charge in [0.15, 0.2) is 11.6 Å². The van der Waals surface area contributed by atoms with E-state index < -0.39 is 5.82 Å². The van der Waals surface area contributed by atoms with Crippen LogP contribution in [0.5, 0.6) is 5.75 Å². The molecule has 0 spiro atoms. The molecule has 1 rings (SSSR count). The van der Waals surface area contributed by atoms with Gasteiger partial charge in [-0.1, -0.05) is 6.07 Å². The Kier molecular flexibility index (Phi) is 5.58. The zero-order chi connectivity index (χ0) is 13.5. The molecule has 0 heterocycles. The Morgan fingerprint density at radius 1 is 1.44 bits per heavy atom. The van der Waals surface area contributed by atoms with Crippen molar-refractivity contribution in [2.75, 3.05) is 13.7 Å². The van der Waals surface area contributed by atoms with Gasteiger partial charge < -0.3 is 15.4 Å². The first-order valence-corrected chi connectivity index (χ1v) is 5.85. The molecule has 0 aromatic heterocycles. The molecule has 0 radical (unpaired) electrons. The molecule has 4 nitrogen and oxygen atoms in total. The maximum atomic E-state index is 13.4. The second-order valence-corrected chi connectivity index (χ2v) is 4.29. The molecule has 0 aliphatic rings. The van der Waals surface area contributed by atoms with Crippen LogP contribution in [0.3, 0.4) is 0 Å². The van der Waals surface area contributed by atoms with Crippen LogP contribution in [0.1, 0.15) is 19.4 Å². The van der Waals surface area contributed by atoms with Gasteiger partial charge in [-0.15, -0.1) is 0 Å². The van der Waals surface area contributed by atoms with Gasteiger partial charge in [0.2, 0.25) is 5.91 Å². The third-order valence-electron chi connectivity index (χ3n) is 2.28. The molecule has 1 amide bonds. The van der Waals surface area contributed by atoms with E-state index in [1.807, 2.05) is 13.8 Å². The highest BCUT2D eigenvalue weighted by atomic mass is 19.1. The molecule has 0 unspecified atom stereocenters. The van der Waals surface area contributed by atoms with Gasteiger partial charge in [-0.25, -0.2) is 4.39 Å². The van der Waals surface area contributed by atoms with E-state index in [0.29, 0.717) is 6.54 Å². The van der Waals surface area contributed by atoms with Crippen molar-refractivity contribution >= 4 is 5.91 Å². The van der Waals surface area contributed by atoms with E-state index in [0.717, 1.165) is 5.56 Å². The smallest absolute Gasteiger partial charge is 0.234 e. The van der Waals surface area contributed by atoms with Gasteiger partial charge >= 0.3 is 0 Å². The Labute approximate surface area is 107 Å². The number of rotatable bonds is 6. The summed E-state index contributed by atoms with van der Waals surface area (Å²) in [5.41, 5.74) is 0.769. The molecule has 0 saturated carbocycles. The van der Waals surface area contributed by atoms with Crippen molar-refractivity contribution < 1.29 is 13.9 Å². The minimum Gasteiger partial charge on any atom is -0.494 e. The fraction of sp³-hybridized carbons (Fsp3) is 0.462. The number of benzene rings is 1. The maximum absolute atomic E-state index is 13.4. The number of halogens is 1. The lowest BCUT2D eigenvalue weighted by Crippen LogP contribution is -2.37. The van der Waals surface area contributed by atoms with E-state index >= 15 is 0 Å². The van der Waals surface area contributed by atoms with Gasteiger partial charge in [0.25, 0.3) is 0 Å². The molecule has 18 heavy (non-hydrogen) atoms. The third kappa shape index (κ3) is 4.71. The van der Waals surface area contributed by atoms with Gasteiger partial charge in [-0.3, -0.25) is 4.79 Å². The molecule has 1 aromatic carbocycles. The quantitative estimate of drug-likeness (QED) is 0.808. The van der Waals surface area contributed by atoms with Gasteiger partial charge in [0, 0.05) is 12.6 Å². The van der Waals surface area contributed by atoms with Crippen LogP contribution in [0.2, 0.25) is 0 Å². The summed E-state index contributed by atoms with van der Waals surface area (Å²) in [5, 5.41) is 5.72. The molecule has 0 aliphatic heterocycles. The van der Waals surface area contributed by atoms with E-state index in [4.69, 9.17) is 4.74 Å². The van der Waals surface area contributed by atoms with Crippen molar-refractivity contribution in [3.8, 4) is 5.75 Å². The largest absolute Gasteiger partial charge is 0.494 e. The second-order valence-electron chi connectivity index (χ2n) is 4.29. The van der Waals surface area contributed by atoms with Crippen molar-refractivity contribution in [1.29, 1.82) is 0 Å². The van der Waals surface area contributed by atoms with Crippen LogP contribution in [0.15, 0.2) is 18.2 Å². The highest BCUT2D eigenvalue weighted by Crippen LogP contribution is 2.17. The summed E-state index contributed by atoms with van der Waals surface area (Å²) in [7, 11) is 1.42. The Morgan fingerprint density at radius 3 is 2.72 bits per heavy atom. The molecular formula is C13H19FN2O2. The Hall–Kier alpha value is -1.62. The summed E-state index contributed by atoms with van der Waals surface area (Å²) in [6, 6.07) is 4.85. The zero-order valence-electron chi connectivity index (χ0n) is 10.9. The SMILES string of the molecule is COc1ccc(CNCC(=O)NC(C)C)cc1F. The van der Waals surface area contributed by atoms with Gasteiger partial charge in [0.05, 0.1) is 13.7 Å². The van der Waals surface area contributed by atoms with Gasteiger partial charge in [0.1, 0.15) is 0 Å². The lowest BCUT2D eigenvalue weighted by Gasteiger charge is -2.09. The first kappa shape index (κ1) is 14.4. The fourth-order valence-electron chi connectivity index (χ4n) is 1.51. The predicted octanol–water partition coefficient (Wildman–Crippen LogP) is 1.45. The van der Waals surface area contributed by atoms with E-state index in [1.54, 1.807) is 12.1 Å². The monoisotopic (exact) mass is 254 g/mol. The molecule has 1 aromatic rings. The molecule has 2 N–H and O–H groups in total. The van der Waals surface area contributed by atoms with Crippen LogP contribution in [-0.2, 0) is 11.3 Å². The third-order valence-corrected chi connectivity index (χ3v) is 2.28. The van der Waals surface area contributed by atoms with E-state index in [9.17, 15) is 9.18 Å². The van der Waals surface area contributed by atoms with Crippen molar-refractivity contribution in [2.24, 2.45) is 0 Å². The number of carbonyl (C=O) groups is 1. The zero-order valence-corrected chi connectivity index (χ0v) is 10.9. The standard InChI is InChI=1S/C13H19FN2O2/c1-9(2)16-13(17)8-15-7-10-4-5-12(18-3)11(14)6-10/h4-6,9,15H,7-8H2,1-3H3,(H,16,17). The Balaban J connectivity index is 2.40. The van der Waals surface area contributed by atoms with E-state index in [1.165, 1.54) is 13.2 Å². The Morgan fingerprint density at radius 2 is 2.17 bits per heavy atom. The average molecular weight is 254 g/mol. The van der Waals surface area contributed by atoms with Gasteiger partial charge in [-0.05, 0) is 31.5 Å². The summed E-state index contributed by atoms with van der Waals surface area (Å²) in [4.78, 5) is 11.3. The minimum absolute atomic E-state index is 0.0704.